The van der Waals surface area contributed by atoms with Crippen molar-refractivity contribution in [2.45, 2.75) is 6.54 Å². The van der Waals surface area contributed by atoms with Gasteiger partial charge in [0.25, 0.3) is 5.91 Å². The Morgan fingerprint density at radius 1 is 1.18 bits per heavy atom. The monoisotopic (exact) mass is 228 g/mol. The molecule has 3 N–H and O–H groups in total. The zero-order chi connectivity index (χ0) is 12.1. The standard InChI is InChI=1S/C12H12N4O/c13-8-9-2-4-10(5-3-9)11(17)16-12-14-6-1-7-15-12/h1-7H,8,13H2,(H,14,15,16,17). The molecule has 0 saturated carbocycles. The van der Waals surface area contributed by atoms with E-state index in [1.54, 1.807) is 30.6 Å². The van der Waals surface area contributed by atoms with Crippen LogP contribution in [0, 0.1) is 0 Å². The Hall–Kier alpha value is -2.27. The molecule has 5 nitrogen and oxygen atoms in total. The highest BCUT2D eigenvalue weighted by Crippen LogP contribution is 2.06. The number of rotatable bonds is 3. The molecule has 0 radical (unpaired) electrons. The van der Waals surface area contributed by atoms with Crippen LogP contribution in [0.5, 0.6) is 0 Å². The molecule has 0 saturated heterocycles. The summed E-state index contributed by atoms with van der Waals surface area (Å²) in [6, 6.07) is 8.77. The fourth-order valence-electron chi connectivity index (χ4n) is 1.33. The summed E-state index contributed by atoms with van der Waals surface area (Å²) in [5, 5.41) is 2.60. The number of amides is 1. The van der Waals surface area contributed by atoms with Crippen LogP contribution in [-0.2, 0) is 6.54 Å². The lowest BCUT2D eigenvalue weighted by Gasteiger charge is -2.03. The van der Waals surface area contributed by atoms with Gasteiger partial charge in [-0.1, -0.05) is 12.1 Å². The lowest BCUT2D eigenvalue weighted by atomic mass is 10.1. The van der Waals surface area contributed by atoms with Crippen molar-refractivity contribution in [3.63, 3.8) is 0 Å². The number of hydrogen-bond donors (Lipinski definition) is 2. The SMILES string of the molecule is NCc1ccc(C(=O)Nc2ncccn2)cc1. The molecule has 0 unspecified atom stereocenters. The van der Waals surface area contributed by atoms with Crippen molar-refractivity contribution in [1.82, 2.24) is 9.97 Å². The molecule has 1 aromatic heterocycles. The van der Waals surface area contributed by atoms with Crippen LogP contribution in [0.25, 0.3) is 0 Å². The minimum atomic E-state index is -0.236. The highest BCUT2D eigenvalue weighted by molar-refractivity contribution is 6.03. The predicted molar refractivity (Wildman–Crippen MR) is 64.3 cm³/mol. The van der Waals surface area contributed by atoms with Gasteiger partial charge in [-0.15, -0.1) is 0 Å². The van der Waals surface area contributed by atoms with Crippen LogP contribution in [-0.4, -0.2) is 15.9 Å². The van der Waals surface area contributed by atoms with Gasteiger partial charge in [0.05, 0.1) is 0 Å². The normalized spacial score (nSPS) is 9.94. The van der Waals surface area contributed by atoms with E-state index in [2.05, 4.69) is 15.3 Å². The van der Waals surface area contributed by atoms with E-state index < -0.39 is 0 Å². The molecule has 5 heteroatoms. The van der Waals surface area contributed by atoms with Gasteiger partial charge in [-0.2, -0.15) is 0 Å². The number of carbonyl (C=O) groups excluding carboxylic acids is 1. The zero-order valence-electron chi connectivity index (χ0n) is 9.13. The molecule has 0 fully saturated rings. The zero-order valence-corrected chi connectivity index (χ0v) is 9.13. The third-order valence-electron chi connectivity index (χ3n) is 2.24. The molecule has 2 aromatic rings. The molecule has 2 rings (SSSR count). The second-order valence-corrected chi connectivity index (χ2v) is 3.43. The molecule has 1 amide bonds. The summed E-state index contributed by atoms with van der Waals surface area (Å²) >= 11 is 0. The van der Waals surface area contributed by atoms with Crippen LogP contribution in [0.4, 0.5) is 5.95 Å². The van der Waals surface area contributed by atoms with Gasteiger partial charge in [-0.05, 0) is 23.8 Å². The van der Waals surface area contributed by atoms with Crippen molar-refractivity contribution in [2.24, 2.45) is 5.73 Å². The predicted octanol–water partition coefficient (Wildman–Crippen LogP) is 1.19. The lowest BCUT2D eigenvalue weighted by Crippen LogP contribution is -2.14. The Balaban J connectivity index is 2.09. The highest BCUT2D eigenvalue weighted by Gasteiger charge is 2.06. The molecule has 0 spiro atoms. The molecular formula is C12H12N4O. The third kappa shape index (κ3) is 2.85. The Morgan fingerprint density at radius 3 is 2.41 bits per heavy atom. The van der Waals surface area contributed by atoms with Crippen LogP contribution >= 0.6 is 0 Å². The van der Waals surface area contributed by atoms with E-state index in [1.807, 2.05) is 12.1 Å². The maximum atomic E-state index is 11.8. The first-order chi connectivity index (χ1) is 8.29. The molecule has 0 atom stereocenters. The van der Waals surface area contributed by atoms with Gasteiger partial charge in [-0.3, -0.25) is 10.1 Å². The largest absolute Gasteiger partial charge is 0.326 e. The van der Waals surface area contributed by atoms with Crippen molar-refractivity contribution in [3.05, 3.63) is 53.9 Å². The van der Waals surface area contributed by atoms with Crippen molar-refractivity contribution >= 4 is 11.9 Å². The summed E-state index contributed by atoms with van der Waals surface area (Å²) in [7, 11) is 0. The molecule has 1 heterocycles. The van der Waals surface area contributed by atoms with Gasteiger partial charge in [0.1, 0.15) is 0 Å². The first kappa shape index (κ1) is 11.2. The van der Waals surface area contributed by atoms with Crippen LogP contribution in [0.3, 0.4) is 0 Å². The van der Waals surface area contributed by atoms with Gasteiger partial charge < -0.3 is 5.73 Å². The number of nitrogens with zero attached hydrogens (tertiary/aromatic N) is 2. The van der Waals surface area contributed by atoms with E-state index in [0.717, 1.165) is 5.56 Å². The summed E-state index contributed by atoms with van der Waals surface area (Å²) in [5.41, 5.74) is 7.01. The van der Waals surface area contributed by atoms with E-state index in [4.69, 9.17) is 5.73 Å². The molecular weight excluding hydrogens is 216 g/mol. The van der Waals surface area contributed by atoms with Crippen molar-refractivity contribution in [2.75, 3.05) is 5.32 Å². The van der Waals surface area contributed by atoms with Crippen molar-refractivity contribution in [1.29, 1.82) is 0 Å². The van der Waals surface area contributed by atoms with E-state index >= 15 is 0 Å². The average Bonchev–Trinajstić information content (AvgIpc) is 2.40. The molecule has 0 aliphatic heterocycles. The maximum Gasteiger partial charge on any atom is 0.258 e. The topological polar surface area (TPSA) is 80.9 Å². The fraction of sp³-hybridized carbons (Fsp3) is 0.0833. The summed E-state index contributed by atoms with van der Waals surface area (Å²) in [5.74, 6) is 0.0557. The summed E-state index contributed by atoms with van der Waals surface area (Å²) in [4.78, 5) is 19.6. The van der Waals surface area contributed by atoms with Crippen LogP contribution in [0.15, 0.2) is 42.7 Å². The van der Waals surface area contributed by atoms with Gasteiger partial charge in [0, 0.05) is 24.5 Å². The molecule has 0 aliphatic carbocycles. The Morgan fingerprint density at radius 2 is 1.82 bits per heavy atom. The smallest absolute Gasteiger partial charge is 0.258 e. The Kier molecular flexibility index (Phi) is 3.42. The number of carbonyl (C=O) groups is 1. The number of nitrogens with one attached hydrogen (secondary N) is 1. The second-order valence-electron chi connectivity index (χ2n) is 3.43. The van der Waals surface area contributed by atoms with Gasteiger partial charge in [-0.25, -0.2) is 9.97 Å². The number of anilines is 1. The second kappa shape index (κ2) is 5.18. The summed E-state index contributed by atoms with van der Waals surface area (Å²) in [6.45, 7) is 0.462. The highest BCUT2D eigenvalue weighted by atomic mass is 16.1. The number of hydrogen-bond acceptors (Lipinski definition) is 4. The van der Waals surface area contributed by atoms with Gasteiger partial charge in [0.15, 0.2) is 0 Å². The number of aromatic nitrogens is 2. The van der Waals surface area contributed by atoms with Gasteiger partial charge in [0.2, 0.25) is 5.95 Å². The number of benzene rings is 1. The van der Waals surface area contributed by atoms with Crippen molar-refractivity contribution < 1.29 is 4.79 Å². The molecule has 0 bridgehead atoms. The lowest BCUT2D eigenvalue weighted by molar-refractivity contribution is 0.102. The van der Waals surface area contributed by atoms with E-state index in [-0.39, 0.29) is 5.91 Å². The summed E-state index contributed by atoms with van der Waals surface area (Å²) in [6.07, 6.45) is 3.14. The fourth-order valence-corrected chi connectivity index (χ4v) is 1.33. The third-order valence-corrected chi connectivity index (χ3v) is 2.24. The van der Waals surface area contributed by atoms with E-state index in [0.29, 0.717) is 18.1 Å². The number of nitrogens with two attached hydrogens (primary N) is 1. The molecule has 1 aromatic carbocycles. The Bertz CT molecular complexity index is 496. The van der Waals surface area contributed by atoms with Crippen LogP contribution in [0.1, 0.15) is 15.9 Å². The maximum absolute atomic E-state index is 11.8. The van der Waals surface area contributed by atoms with E-state index in [1.165, 1.54) is 0 Å². The minimum absolute atomic E-state index is 0.236. The first-order valence-electron chi connectivity index (χ1n) is 5.17. The minimum Gasteiger partial charge on any atom is -0.326 e. The Labute approximate surface area is 98.7 Å². The molecule has 86 valence electrons. The van der Waals surface area contributed by atoms with Crippen LogP contribution < -0.4 is 11.1 Å². The first-order valence-corrected chi connectivity index (χ1v) is 5.17. The van der Waals surface area contributed by atoms with Crippen molar-refractivity contribution in [3.8, 4) is 0 Å². The summed E-state index contributed by atoms with van der Waals surface area (Å²) < 4.78 is 0. The van der Waals surface area contributed by atoms with Crippen LogP contribution in [0.2, 0.25) is 0 Å². The quantitative estimate of drug-likeness (QED) is 0.826. The van der Waals surface area contributed by atoms with Gasteiger partial charge >= 0.3 is 0 Å². The average molecular weight is 228 g/mol. The van der Waals surface area contributed by atoms with E-state index in [9.17, 15) is 4.79 Å². The molecule has 0 aliphatic rings. The molecule has 17 heavy (non-hydrogen) atoms.